The molecular weight excluding hydrogens is 298 g/mol. The average molecular weight is 323 g/mol. The van der Waals surface area contributed by atoms with Crippen molar-refractivity contribution >= 4 is 16.8 Å². The first-order valence-electron chi connectivity index (χ1n) is 9.04. The van der Waals surface area contributed by atoms with Gasteiger partial charge in [-0.3, -0.25) is 9.78 Å². The van der Waals surface area contributed by atoms with E-state index in [1.54, 1.807) is 0 Å². The van der Waals surface area contributed by atoms with E-state index in [2.05, 4.69) is 36.6 Å². The molecule has 2 unspecified atom stereocenters. The summed E-state index contributed by atoms with van der Waals surface area (Å²) in [7, 11) is 0. The van der Waals surface area contributed by atoms with Gasteiger partial charge in [-0.15, -0.1) is 0 Å². The first-order chi connectivity index (χ1) is 11.6. The molecule has 0 bridgehead atoms. The van der Waals surface area contributed by atoms with Crippen molar-refractivity contribution in [1.82, 2.24) is 15.6 Å². The molecule has 1 saturated carbocycles. The number of hydrogen-bond acceptors (Lipinski definition) is 3. The Morgan fingerprint density at radius 1 is 1.25 bits per heavy atom. The number of fused-ring (bicyclic) bond motifs is 1. The Morgan fingerprint density at radius 3 is 2.83 bits per heavy atom. The quantitative estimate of drug-likeness (QED) is 0.912. The van der Waals surface area contributed by atoms with Crippen LogP contribution in [0.15, 0.2) is 24.3 Å². The summed E-state index contributed by atoms with van der Waals surface area (Å²) in [4.78, 5) is 17.8. The van der Waals surface area contributed by atoms with E-state index in [9.17, 15) is 4.79 Å². The predicted molar refractivity (Wildman–Crippen MR) is 96.4 cm³/mol. The standard InChI is InChI=1S/C20H25N3O/c1-12-3-6-18-15(9-12)16(10-19(22-18)14-4-5-14)20(24)23-17-7-8-21-11-13(17)2/h3,6,9-10,13-14,17,21H,4-5,7-8,11H2,1-2H3,(H,23,24). The Kier molecular flexibility index (Phi) is 4.01. The van der Waals surface area contributed by atoms with Gasteiger partial charge in [0, 0.05) is 23.0 Å². The smallest absolute Gasteiger partial charge is 0.252 e. The highest BCUT2D eigenvalue weighted by Crippen LogP contribution is 2.40. The van der Waals surface area contributed by atoms with E-state index in [0.29, 0.717) is 11.8 Å². The molecule has 126 valence electrons. The summed E-state index contributed by atoms with van der Waals surface area (Å²) < 4.78 is 0. The lowest BCUT2D eigenvalue weighted by Gasteiger charge is -2.30. The van der Waals surface area contributed by atoms with Gasteiger partial charge in [0.1, 0.15) is 0 Å². The molecule has 0 radical (unpaired) electrons. The van der Waals surface area contributed by atoms with Crippen LogP contribution in [0.4, 0.5) is 0 Å². The molecule has 4 heteroatoms. The van der Waals surface area contributed by atoms with E-state index >= 15 is 0 Å². The molecule has 1 saturated heterocycles. The summed E-state index contributed by atoms with van der Waals surface area (Å²) >= 11 is 0. The maximum absolute atomic E-state index is 13.0. The zero-order valence-electron chi connectivity index (χ0n) is 14.4. The number of carbonyl (C=O) groups excluding carboxylic acids is 1. The topological polar surface area (TPSA) is 54.0 Å². The molecule has 2 N–H and O–H groups in total. The van der Waals surface area contributed by atoms with E-state index in [0.717, 1.165) is 47.2 Å². The van der Waals surface area contributed by atoms with Gasteiger partial charge in [0.05, 0.1) is 11.1 Å². The summed E-state index contributed by atoms with van der Waals surface area (Å²) in [6, 6.07) is 8.47. The van der Waals surface area contributed by atoms with E-state index in [-0.39, 0.29) is 11.9 Å². The largest absolute Gasteiger partial charge is 0.349 e. The monoisotopic (exact) mass is 323 g/mol. The highest BCUT2D eigenvalue weighted by Gasteiger charge is 2.28. The lowest BCUT2D eigenvalue weighted by Crippen LogP contribution is -2.48. The normalized spacial score (nSPS) is 24.1. The molecule has 2 aromatic rings. The fourth-order valence-corrected chi connectivity index (χ4v) is 3.61. The second-order valence-corrected chi connectivity index (χ2v) is 7.44. The molecule has 24 heavy (non-hydrogen) atoms. The molecule has 4 rings (SSSR count). The van der Waals surface area contributed by atoms with Crippen molar-refractivity contribution in [1.29, 1.82) is 0 Å². The van der Waals surface area contributed by atoms with Crippen LogP contribution in [-0.4, -0.2) is 30.0 Å². The summed E-state index contributed by atoms with van der Waals surface area (Å²) in [5.41, 5.74) is 3.97. The number of hydrogen-bond donors (Lipinski definition) is 2. The minimum absolute atomic E-state index is 0.0497. The summed E-state index contributed by atoms with van der Waals surface area (Å²) in [6.07, 6.45) is 3.37. The van der Waals surface area contributed by atoms with Crippen molar-refractivity contribution < 1.29 is 4.79 Å². The van der Waals surface area contributed by atoms with Crippen LogP contribution < -0.4 is 10.6 Å². The first kappa shape index (κ1) is 15.6. The summed E-state index contributed by atoms with van der Waals surface area (Å²) in [6.45, 7) is 6.19. The second kappa shape index (κ2) is 6.17. The Balaban J connectivity index is 1.70. The zero-order valence-corrected chi connectivity index (χ0v) is 14.4. The maximum Gasteiger partial charge on any atom is 0.252 e. The number of carbonyl (C=O) groups is 1. The van der Waals surface area contributed by atoms with Crippen molar-refractivity contribution in [3.05, 3.63) is 41.1 Å². The molecule has 1 amide bonds. The number of rotatable bonds is 3. The van der Waals surface area contributed by atoms with Gasteiger partial charge in [-0.05, 0) is 63.4 Å². The van der Waals surface area contributed by atoms with Crippen LogP contribution in [0.5, 0.6) is 0 Å². The van der Waals surface area contributed by atoms with Crippen molar-refractivity contribution in [2.45, 2.75) is 45.1 Å². The van der Waals surface area contributed by atoms with Gasteiger partial charge in [-0.1, -0.05) is 18.6 Å². The molecule has 1 aliphatic carbocycles. The molecule has 4 nitrogen and oxygen atoms in total. The molecule has 0 spiro atoms. The third kappa shape index (κ3) is 3.03. The molecule has 2 fully saturated rings. The summed E-state index contributed by atoms with van der Waals surface area (Å²) in [5, 5.41) is 7.63. The molecule has 2 aliphatic rings. The highest BCUT2D eigenvalue weighted by atomic mass is 16.1. The number of piperidine rings is 1. The van der Waals surface area contributed by atoms with Gasteiger partial charge in [0.15, 0.2) is 0 Å². The van der Waals surface area contributed by atoms with Crippen molar-refractivity contribution in [3.8, 4) is 0 Å². The molecule has 1 aliphatic heterocycles. The second-order valence-electron chi connectivity index (χ2n) is 7.44. The van der Waals surface area contributed by atoms with Gasteiger partial charge in [-0.25, -0.2) is 0 Å². The fourth-order valence-electron chi connectivity index (χ4n) is 3.61. The molecular formula is C20H25N3O. The number of aromatic nitrogens is 1. The van der Waals surface area contributed by atoms with Crippen LogP contribution in [-0.2, 0) is 0 Å². The van der Waals surface area contributed by atoms with Crippen LogP contribution in [0.1, 0.15) is 53.7 Å². The number of aryl methyl sites for hydroxylation is 1. The van der Waals surface area contributed by atoms with Crippen LogP contribution in [0.2, 0.25) is 0 Å². The molecule has 1 aromatic heterocycles. The van der Waals surface area contributed by atoms with Crippen LogP contribution in [0.25, 0.3) is 10.9 Å². The number of benzene rings is 1. The minimum atomic E-state index is 0.0497. The zero-order chi connectivity index (χ0) is 16.7. The Bertz CT molecular complexity index is 782. The van der Waals surface area contributed by atoms with E-state index in [1.165, 1.54) is 12.8 Å². The molecule has 2 atom stereocenters. The number of nitrogens with zero attached hydrogens (tertiary/aromatic N) is 1. The van der Waals surface area contributed by atoms with Gasteiger partial charge >= 0.3 is 0 Å². The van der Waals surface area contributed by atoms with Crippen LogP contribution in [0.3, 0.4) is 0 Å². The van der Waals surface area contributed by atoms with E-state index in [1.807, 2.05) is 12.1 Å². The lowest BCUT2D eigenvalue weighted by molar-refractivity contribution is 0.0915. The lowest BCUT2D eigenvalue weighted by atomic mass is 9.94. The Hall–Kier alpha value is -1.94. The first-order valence-corrected chi connectivity index (χ1v) is 9.04. The SMILES string of the molecule is Cc1ccc2nc(C3CC3)cc(C(=O)NC3CCNCC3C)c2c1. The van der Waals surface area contributed by atoms with Crippen LogP contribution in [0, 0.1) is 12.8 Å². The molecule has 2 heterocycles. The van der Waals surface area contributed by atoms with Gasteiger partial charge in [-0.2, -0.15) is 0 Å². The third-order valence-electron chi connectivity index (χ3n) is 5.33. The highest BCUT2D eigenvalue weighted by molar-refractivity contribution is 6.06. The minimum Gasteiger partial charge on any atom is -0.349 e. The number of nitrogens with one attached hydrogen (secondary N) is 2. The van der Waals surface area contributed by atoms with E-state index < -0.39 is 0 Å². The van der Waals surface area contributed by atoms with Gasteiger partial charge < -0.3 is 10.6 Å². The molecule has 1 aromatic carbocycles. The average Bonchev–Trinajstić information content (AvgIpc) is 3.41. The van der Waals surface area contributed by atoms with Crippen molar-refractivity contribution in [3.63, 3.8) is 0 Å². The Morgan fingerprint density at radius 2 is 2.08 bits per heavy atom. The summed E-state index contributed by atoms with van der Waals surface area (Å²) in [5.74, 6) is 1.05. The fraction of sp³-hybridized carbons (Fsp3) is 0.500. The number of amides is 1. The third-order valence-corrected chi connectivity index (χ3v) is 5.33. The van der Waals surface area contributed by atoms with Gasteiger partial charge in [0.2, 0.25) is 0 Å². The predicted octanol–water partition coefficient (Wildman–Crippen LogP) is 3.15. The van der Waals surface area contributed by atoms with E-state index in [4.69, 9.17) is 4.98 Å². The van der Waals surface area contributed by atoms with Crippen LogP contribution >= 0.6 is 0 Å². The maximum atomic E-state index is 13.0. The number of pyridine rings is 1. The van der Waals surface area contributed by atoms with Gasteiger partial charge in [0.25, 0.3) is 5.91 Å². The van der Waals surface area contributed by atoms with Crippen molar-refractivity contribution in [2.75, 3.05) is 13.1 Å². The Labute approximate surface area is 143 Å². The van der Waals surface area contributed by atoms with Crippen molar-refractivity contribution in [2.24, 2.45) is 5.92 Å².